The van der Waals surface area contributed by atoms with E-state index in [2.05, 4.69) is 43.6 Å². The summed E-state index contributed by atoms with van der Waals surface area (Å²) in [6, 6.07) is 19.2. The van der Waals surface area contributed by atoms with Gasteiger partial charge in [-0.15, -0.1) is 5.10 Å². The fraction of sp³-hybridized carbons (Fsp3) is 0.300. The van der Waals surface area contributed by atoms with Gasteiger partial charge in [0, 0.05) is 43.7 Å². The van der Waals surface area contributed by atoms with E-state index in [9.17, 15) is 9.59 Å². The van der Waals surface area contributed by atoms with Crippen molar-refractivity contribution in [3.63, 3.8) is 0 Å². The summed E-state index contributed by atoms with van der Waals surface area (Å²) in [5, 5.41) is 13.8. The molecule has 1 N–H and O–H groups in total. The first kappa shape index (κ1) is 25.7. The lowest BCUT2D eigenvalue weighted by Gasteiger charge is -2.38. The fourth-order valence-electron chi connectivity index (χ4n) is 5.48. The molecule has 0 saturated carbocycles. The van der Waals surface area contributed by atoms with Gasteiger partial charge in [0.2, 0.25) is 0 Å². The molecule has 0 spiro atoms. The monoisotopic (exact) mass is 537 g/mol. The molecule has 0 aliphatic carbocycles. The van der Waals surface area contributed by atoms with Crippen LogP contribution in [0.25, 0.3) is 10.9 Å². The largest absolute Gasteiger partial charge is 0.459 e. The molecule has 40 heavy (non-hydrogen) atoms. The van der Waals surface area contributed by atoms with Gasteiger partial charge in [0.1, 0.15) is 6.04 Å². The number of pyridine rings is 1. The van der Waals surface area contributed by atoms with E-state index in [0.717, 1.165) is 28.5 Å². The third-order valence-electron chi connectivity index (χ3n) is 7.72. The molecule has 1 amide bonds. The predicted molar refractivity (Wildman–Crippen MR) is 150 cm³/mol. The van der Waals surface area contributed by atoms with Crippen LogP contribution in [-0.2, 0) is 13.0 Å². The normalized spacial score (nSPS) is 15.0. The quantitative estimate of drug-likeness (QED) is 0.338. The van der Waals surface area contributed by atoms with Crippen LogP contribution in [0.4, 0.5) is 0 Å². The Bertz CT molecular complexity index is 1680. The summed E-state index contributed by atoms with van der Waals surface area (Å²) >= 11 is 0. The number of piperazine rings is 1. The van der Waals surface area contributed by atoms with E-state index in [4.69, 9.17) is 4.42 Å². The molecule has 1 unspecified atom stereocenters. The SMILES string of the molecule is Cc1ccc(C)c2[nH]c(=O)c(C(c3nnnn3CCc3ccccc3)N3CCN(C(=O)c4ccco4)CC3)cc12. The van der Waals surface area contributed by atoms with Gasteiger partial charge in [-0.05, 0) is 65.6 Å². The molecule has 2 aromatic carbocycles. The van der Waals surface area contributed by atoms with E-state index in [-0.39, 0.29) is 11.5 Å². The second-order valence-electron chi connectivity index (χ2n) is 10.2. The summed E-state index contributed by atoms with van der Waals surface area (Å²) in [5.41, 5.74) is 4.53. The second-order valence-corrected chi connectivity index (χ2v) is 10.2. The Morgan fingerprint density at radius 2 is 1.77 bits per heavy atom. The molecule has 6 rings (SSSR count). The summed E-state index contributed by atoms with van der Waals surface area (Å²) in [6.07, 6.45) is 2.26. The van der Waals surface area contributed by atoms with Gasteiger partial charge in [-0.25, -0.2) is 4.68 Å². The number of carbonyl (C=O) groups excluding carboxylic acids is 1. The number of furan rings is 1. The first-order chi connectivity index (χ1) is 19.5. The van der Waals surface area contributed by atoms with Gasteiger partial charge in [0.15, 0.2) is 11.6 Å². The Kier molecular flexibility index (Phi) is 7.00. The van der Waals surface area contributed by atoms with Gasteiger partial charge in [-0.2, -0.15) is 0 Å². The molecule has 10 heteroatoms. The number of aromatic amines is 1. The van der Waals surface area contributed by atoms with Crippen molar-refractivity contribution in [2.75, 3.05) is 26.2 Å². The summed E-state index contributed by atoms with van der Waals surface area (Å²) in [4.78, 5) is 33.7. The number of aryl methyl sites for hydroxylation is 4. The van der Waals surface area contributed by atoms with Crippen LogP contribution in [0.5, 0.6) is 0 Å². The van der Waals surface area contributed by atoms with Crippen molar-refractivity contribution in [2.24, 2.45) is 0 Å². The number of hydrogen-bond acceptors (Lipinski definition) is 7. The molecule has 5 aromatic rings. The predicted octanol–water partition coefficient (Wildman–Crippen LogP) is 3.51. The first-order valence-electron chi connectivity index (χ1n) is 13.5. The number of rotatable bonds is 7. The van der Waals surface area contributed by atoms with Gasteiger partial charge in [-0.1, -0.05) is 42.5 Å². The van der Waals surface area contributed by atoms with Crippen LogP contribution in [0.1, 0.15) is 44.7 Å². The zero-order valence-corrected chi connectivity index (χ0v) is 22.6. The summed E-state index contributed by atoms with van der Waals surface area (Å²) in [7, 11) is 0. The summed E-state index contributed by atoms with van der Waals surface area (Å²) < 4.78 is 7.12. The maximum Gasteiger partial charge on any atom is 0.289 e. The smallest absolute Gasteiger partial charge is 0.289 e. The molecule has 0 radical (unpaired) electrons. The first-order valence-corrected chi connectivity index (χ1v) is 13.5. The Hall–Kier alpha value is -4.57. The van der Waals surface area contributed by atoms with Crippen LogP contribution in [0, 0.1) is 13.8 Å². The van der Waals surface area contributed by atoms with Gasteiger partial charge in [0.05, 0.1) is 11.8 Å². The Morgan fingerprint density at radius 1 is 1.00 bits per heavy atom. The molecule has 1 atom stereocenters. The van der Waals surface area contributed by atoms with Crippen molar-refractivity contribution in [3.05, 3.63) is 111 Å². The number of aromatic nitrogens is 5. The maximum absolute atomic E-state index is 13.7. The Labute approximate surface area is 231 Å². The molecule has 1 saturated heterocycles. The zero-order valence-electron chi connectivity index (χ0n) is 22.6. The maximum atomic E-state index is 13.7. The standard InChI is InChI=1S/C30H31N7O3/c1-20-10-11-21(2)26-23(20)19-24(29(38)31-26)27(28-32-33-34-37(28)13-12-22-7-4-3-5-8-22)35-14-16-36(17-15-35)30(39)25-9-6-18-40-25/h3-11,18-19,27H,12-17H2,1-2H3,(H,31,38). The van der Waals surface area contributed by atoms with E-state index in [0.29, 0.717) is 49.9 Å². The fourth-order valence-corrected chi connectivity index (χ4v) is 5.48. The zero-order chi connectivity index (χ0) is 27.6. The highest BCUT2D eigenvalue weighted by Gasteiger charge is 2.34. The number of nitrogens with zero attached hydrogens (tertiary/aromatic N) is 6. The van der Waals surface area contributed by atoms with Crippen molar-refractivity contribution in [1.29, 1.82) is 0 Å². The van der Waals surface area contributed by atoms with Crippen molar-refractivity contribution in [1.82, 2.24) is 35.0 Å². The van der Waals surface area contributed by atoms with E-state index in [1.807, 2.05) is 44.2 Å². The number of hydrogen-bond donors (Lipinski definition) is 1. The summed E-state index contributed by atoms with van der Waals surface area (Å²) in [6.45, 7) is 6.69. The van der Waals surface area contributed by atoms with Crippen LogP contribution in [-0.4, -0.2) is 67.1 Å². The Balaban J connectivity index is 1.36. The third-order valence-corrected chi connectivity index (χ3v) is 7.72. The highest BCUT2D eigenvalue weighted by Crippen LogP contribution is 2.29. The lowest BCUT2D eigenvalue weighted by atomic mass is 9.99. The Morgan fingerprint density at radius 3 is 2.52 bits per heavy atom. The number of benzene rings is 2. The van der Waals surface area contributed by atoms with E-state index >= 15 is 0 Å². The highest BCUT2D eigenvalue weighted by molar-refractivity contribution is 5.91. The van der Waals surface area contributed by atoms with Crippen molar-refractivity contribution >= 4 is 16.8 Å². The minimum absolute atomic E-state index is 0.136. The number of H-pyrrole nitrogens is 1. The van der Waals surface area contributed by atoms with Crippen LogP contribution in [0.15, 0.2) is 76.1 Å². The molecule has 3 aromatic heterocycles. The topological polar surface area (TPSA) is 113 Å². The van der Waals surface area contributed by atoms with Gasteiger partial charge in [0.25, 0.3) is 11.5 Å². The van der Waals surface area contributed by atoms with E-state index in [1.165, 1.54) is 11.8 Å². The number of fused-ring (bicyclic) bond motifs is 1. The number of carbonyl (C=O) groups is 1. The third kappa shape index (κ3) is 4.93. The average Bonchev–Trinajstić information content (AvgIpc) is 3.68. The van der Waals surface area contributed by atoms with E-state index in [1.54, 1.807) is 21.7 Å². The van der Waals surface area contributed by atoms with Gasteiger partial charge >= 0.3 is 0 Å². The van der Waals surface area contributed by atoms with Crippen molar-refractivity contribution in [3.8, 4) is 0 Å². The minimum atomic E-state index is -0.486. The molecule has 204 valence electrons. The molecule has 0 bridgehead atoms. The molecule has 1 aliphatic heterocycles. The molecular formula is C30H31N7O3. The van der Waals surface area contributed by atoms with Crippen molar-refractivity contribution in [2.45, 2.75) is 32.9 Å². The second kappa shape index (κ2) is 10.9. The molecule has 4 heterocycles. The molecule has 1 aliphatic rings. The summed E-state index contributed by atoms with van der Waals surface area (Å²) in [5.74, 6) is 0.798. The lowest BCUT2D eigenvalue weighted by Crippen LogP contribution is -2.50. The lowest BCUT2D eigenvalue weighted by molar-refractivity contribution is 0.0558. The van der Waals surface area contributed by atoms with Gasteiger partial charge in [-0.3, -0.25) is 14.5 Å². The molecular weight excluding hydrogens is 506 g/mol. The molecule has 10 nitrogen and oxygen atoms in total. The highest BCUT2D eigenvalue weighted by atomic mass is 16.3. The van der Waals surface area contributed by atoms with Crippen LogP contribution < -0.4 is 5.56 Å². The minimum Gasteiger partial charge on any atom is -0.459 e. The van der Waals surface area contributed by atoms with Crippen LogP contribution in [0.3, 0.4) is 0 Å². The number of nitrogens with one attached hydrogen (secondary N) is 1. The number of tetrazole rings is 1. The average molecular weight is 538 g/mol. The van der Waals surface area contributed by atoms with Crippen molar-refractivity contribution < 1.29 is 9.21 Å². The van der Waals surface area contributed by atoms with Crippen LogP contribution >= 0.6 is 0 Å². The number of amides is 1. The van der Waals surface area contributed by atoms with E-state index < -0.39 is 6.04 Å². The van der Waals surface area contributed by atoms with Gasteiger partial charge < -0.3 is 14.3 Å². The van der Waals surface area contributed by atoms with Crippen LogP contribution in [0.2, 0.25) is 0 Å². The molecule has 1 fully saturated rings.